The number of halogens is 3. The van der Waals surface area contributed by atoms with Gasteiger partial charge in [-0.15, -0.1) is 0 Å². The molecule has 0 N–H and O–H groups in total. The Morgan fingerprint density at radius 1 is 0.792 bits per heavy atom. The molecule has 2 rings (SSSR count). The molecule has 0 fully saturated rings. The Kier molecular flexibility index (Phi) is 7.60. The highest BCUT2D eigenvalue weighted by molar-refractivity contribution is 5.53. The molecular formula is C21H35F3. The first-order chi connectivity index (χ1) is 10.9. The molecule has 0 aliphatic heterocycles. The van der Waals surface area contributed by atoms with E-state index in [4.69, 9.17) is 0 Å². The van der Waals surface area contributed by atoms with Gasteiger partial charge < -0.3 is 0 Å². The van der Waals surface area contributed by atoms with E-state index >= 15 is 0 Å². The fourth-order valence-corrected chi connectivity index (χ4v) is 3.50. The highest BCUT2D eigenvalue weighted by atomic mass is 19.4. The van der Waals surface area contributed by atoms with Gasteiger partial charge in [0.15, 0.2) is 0 Å². The van der Waals surface area contributed by atoms with E-state index in [0.29, 0.717) is 5.56 Å². The summed E-state index contributed by atoms with van der Waals surface area (Å²) in [5, 5.41) is 0. The fraction of sp³-hybridized carbons (Fsp3) is 0.714. The first-order valence-corrected chi connectivity index (χ1v) is 9.10. The molecule has 0 saturated heterocycles. The summed E-state index contributed by atoms with van der Waals surface area (Å²) < 4.78 is 39.7. The molecule has 0 nitrogen and oxygen atoms in total. The SMILES string of the molecule is CC.CC.Cc1c(C(F)(F)F)cc2c(c1C)C(C)(C)CCC2(C)C. The third-order valence-electron chi connectivity index (χ3n) is 4.99. The number of benzene rings is 1. The summed E-state index contributed by atoms with van der Waals surface area (Å²) in [6, 6.07) is 1.40. The average Bonchev–Trinajstić information content (AvgIpc) is 2.49. The zero-order valence-electron chi connectivity index (χ0n) is 17.1. The lowest BCUT2D eigenvalue weighted by Gasteiger charge is -2.43. The second-order valence-electron chi connectivity index (χ2n) is 7.36. The van der Waals surface area contributed by atoms with E-state index in [9.17, 15) is 13.2 Å². The zero-order chi connectivity index (χ0) is 19.5. The number of hydrogen-bond acceptors (Lipinski definition) is 0. The van der Waals surface area contributed by atoms with Crippen molar-refractivity contribution in [2.45, 2.75) is 99.1 Å². The van der Waals surface area contributed by atoms with Crippen molar-refractivity contribution >= 4 is 0 Å². The minimum Gasteiger partial charge on any atom is -0.166 e. The van der Waals surface area contributed by atoms with Gasteiger partial charge in [0.1, 0.15) is 0 Å². The summed E-state index contributed by atoms with van der Waals surface area (Å²) in [4.78, 5) is 0. The number of hydrogen-bond donors (Lipinski definition) is 0. The molecule has 140 valence electrons. The van der Waals surface area contributed by atoms with Crippen molar-refractivity contribution in [1.29, 1.82) is 0 Å². The van der Waals surface area contributed by atoms with Crippen LogP contribution in [0.4, 0.5) is 13.2 Å². The van der Waals surface area contributed by atoms with Gasteiger partial charge in [0, 0.05) is 0 Å². The van der Waals surface area contributed by atoms with Crippen molar-refractivity contribution < 1.29 is 13.2 Å². The first kappa shape index (κ1) is 23.0. The lowest BCUT2D eigenvalue weighted by molar-refractivity contribution is -0.138. The second-order valence-corrected chi connectivity index (χ2v) is 7.36. The molecule has 0 atom stereocenters. The van der Waals surface area contributed by atoms with Crippen LogP contribution in [-0.2, 0) is 17.0 Å². The molecule has 0 amide bonds. The van der Waals surface area contributed by atoms with E-state index < -0.39 is 11.7 Å². The van der Waals surface area contributed by atoms with Crippen LogP contribution in [0.3, 0.4) is 0 Å². The van der Waals surface area contributed by atoms with Crippen LogP contribution in [0.1, 0.15) is 96.0 Å². The molecule has 1 aliphatic carbocycles. The van der Waals surface area contributed by atoms with Crippen LogP contribution in [0.15, 0.2) is 6.07 Å². The lowest BCUT2D eigenvalue weighted by Crippen LogP contribution is -2.35. The molecule has 0 aromatic heterocycles. The Balaban J connectivity index is 0.00000123. The maximum absolute atomic E-state index is 13.2. The van der Waals surface area contributed by atoms with E-state index in [-0.39, 0.29) is 10.8 Å². The molecular weight excluding hydrogens is 309 g/mol. The predicted octanol–water partition coefficient (Wildman–Crippen LogP) is 7.72. The van der Waals surface area contributed by atoms with E-state index in [0.717, 1.165) is 29.5 Å². The summed E-state index contributed by atoms with van der Waals surface area (Å²) >= 11 is 0. The van der Waals surface area contributed by atoms with Crippen molar-refractivity contribution in [1.82, 2.24) is 0 Å². The third-order valence-corrected chi connectivity index (χ3v) is 4.99. The van der Waals surface area contributed by atoms with Crippen LogP contribution in [-0.4, -0.2) is 0 Å². The van der Waals surface area contributed by atoms with E-state index in [1.54, 1.807) is 6.92 Å². The van der Waals surface area contributed by atoms with Crippen LogP contribution in [0.5, 0.6) is 0 Å². The van der Waals surface area contributed by atoms with Crippen LogP contribution < -0.4 is 0 Å². The highest BCUT2D eigenvalue weighted by Gasteiger charge is 2.42. The van der Waals surface area contributed by atoms with Gasteiger partial charge in [-0.1, -0.05) is 55.4 Å². The molecule has 0 saturated carbocycles. The Labute approximate surface area is 146 Å². The largest absolute Gasteiger partial charge is 0.416 e. The summed E-state index contributed by atoms with van der Waals surface area (Å²) in [6.07, 6.45) is -2.34. The van der Waals surface area contributed by atoms with Gasteiger partial charge >= 0.3 is 6.18 Å². The van der Waals surface area contributed by atoms with Gasteiger partial charge in [0.05, 0.1) is 5.56 Å². The Morgan fingerprint density at radius 2 is 1.21 bits per heavy atom. The van der Waals surface area contributed by atoms with Gasteiger partial charge in [-0.25, -0.2) is 0 Å². The molecule has 0 spiro atoms. The quantitative estimate of drug-likeness (QED) is 0.452. The van der Waals surface area contributed by atoms with Crippen molar-refractivity contribution in [2.24, 2.45) is 0 Å². The topological polar surface area (TPSA) is 0 Å². The monoisotopic (exact) mass is 344 g/mol. The molecule has 1 aliphatic rings. The molecule has 3 heteroatoms. The van der Waals surface area contributed by atoms with Crippen LogP contribution in [0, 0.1) is 13.8 Å². The first-order valence-electron chi connectivity index (χ1n) is 9.10. The maximum Gasteiger partial charge on any atom is 0.416 e. The number of fused-ring (bicyclic) bond motifs is 1. The molecule has 0 heterocycles. The maximum atomic E-state index is 13.2. The summed E-state index contributed by atoms with van der Waals surface area (Å²) in [5.74, 6) is 0. The fourth-order valence-electron chi connectivity index (χ4n) is 3.50. The molecule has 1 aromatic rings. The minimum absolute atomic E-state index is 0.0518. The Morgan fingerprint density at radius 3 is 1.62 bits per heavy atom. The Bertz CT molecular complexity index is 549. The van der Waals surface area contributed by atoms with Gasteiger partial charge in [-0.3, -0.25) is 0 Å². The van der Waals surface area contributed by atoms with Crippen molar-refractivity contribution in [3.8, 4) is 0 Å². The molecule has 0 bridgehead atoms. The molecule has 1 aromatic carbocycles. The van der Waals surface area contributed by atoms with Crippen molar-refractivity contribution in [3.05, 3.63) is 33.9 Å². The zero-order valence-corrected chi connectivity index (χ0v) is 17.1. The third kappa shape index (κ3) is 4.34. The van der Waals surface area contributed by atoms with Gasteiger partial charge in [-0.05, 0) is 65.8 Å². The van der Waals surface area contributed by atoms with Crippen LogP contribution in [0.2, 0.25) is 0 Å². The molecule has 0 radical (unpaired) electrons. The highest BCUT2D eigenvalue weighted by Crippen LogP contribution is 2.49. The number of rotatable bonds is 0. The second kappa shape index (κ2) is 7.93. The predicted molar refractivity (Wildman–Crippen MR) is 98.9 cm³/mol. The van der Waals surface area contributed by atoms with E-state index in [1.165, 1.54) is 6.07 Å². The Hall–Kier alpha value is -0.990. The lowest BCUT2D eigenvalue weighted by atomic mass is 9.61. The average molecular weight is 345 g/mol. The summed E-state index contributed by atoms with van der Waals surface area (Å²) in [6.45, 7) is 19.8. The van der Waals surface area contributed by atoms with Crippen LogP contribution >= 0.6 is 0 Å². The van der Waals surface area contributed by atoms with E-state index in [2.05, 4.69) is 27.7 Å². The molecule has 24 heavy (non-hydrogen) atoms. The van der Waals surface area contributed by atoms with Crippen LogP contribution in [0.25, 0.3) is 0 Å². The van der Waals surface area contributed by atoms with Crippen molar-refractivity contribution in [3.63, 3.8) is 0 Å². The van der Waals surface area contributed by atoms with Crippen molar-refractivity contribution in [2.75, 3.05) is 0 Å². The van der Waals surface area contributed by atoms with E-state index in [1.807, 2.05) is 34.6 Å². The minimum atomic E-state index is -4.28. The molecule has 0 unspecified atom stereocenters. The van der Waals surface area contributed by atoms with Gasteiger partial charge in [0.2, 0.25) is 0 Å². The van der Waals surface area contributed by atoms with Gasteiger partial charge in [-0.2, -0.15) is 13.2 Å². The summed E-state index contributed by atoms with van der Waals surface area (Å²) in [7, 11) is 0. The standard InChI is InChI=1S/C17H23F3.2C2H6/c1-10-11(2)14-13(9-12(10)17(18,19)20)15(3,4)7-8-16(14,5)6;2*1-2/h9H,7-8H2,1-6H3;2*1-2H3. The summed E-state index contributed by atoms with van der Waals surface area (Å²) in [5.41, 5.74) is 2.48. The number of alkyl halides is 3. The van der Waals surface area contributed by atoms with Gasteiger partial charge in [0.25, 0.3) is 0 Å². The smallest absolute Gasteiger partial charge is 0.166 e. The normalized spacial score (nSPS) is 17.7.